The van der Waals surface area contributed by atoms with Crippen molar-refractivity contribution in [3.8, 4) is 0 Å². The molecule has 0 atom stereocenters. The predicted molar refractivity (Wildman–Crippen MR) is 50.5 cm³/mol. The number of nitrogens with zero attached hydrogens (tertiary/aromatic N) is 1. The minimum atomic E-state index is -4.17. The third kappa shape index (κ3) is 5.33. The summed E-state index contributed by atoms with van der Waals surface area (Å²) in [5.74, 6) is -2.06. The van der Waals surface area contributed by atoms with E-state index < -0.39 is 47.9 Å². The summed E-state index contributed by atoms with van der Waals surface area (Å²) in [6, 6.07) is 0. The van der Waals surface area contributed by atoms with Crippen molar-refractivity contribution in [3.63, 3.8) is 0 Å². The maximum Gasteiger partial charge on any atom is 0.322 e. The number of rotatable bonds is 7. The van der Waals surface area contributed by atoms with Gasteiger partial charge in [0.25, 0.3) is 6.43 Å². The van der Waals surface area contributed by atoms with Crippen molar-refractivity contribution in [3.05, 3.63) is 0 Å². The number of alkyl halides is 2. The Balaban J connectivity index is 4.68. The van der Waals surface area contributed by atoms with E-state index in [1.54, 1.807) is 0 Å². The Morgan fingerprint density at radius 2 is 2.06 bits per heavy atom. The summed E-state index contributed by atoms with van der Waals surface area (Å²) in [5.41, 5.74) is 0. The van der Waals surface area contributed by atoms with Crippen LogP contribution in [0.5, 0.6) is 0 Å². The largest absolute Gasteiger partial charge is 0.468 e. The van der Waals surface area contributed by atoms with Gasteiger partial charge in [-0.3, -0.25) is 4.79 Å². The second-order valence-corrected chi connectivity index (χ2v) is 4.77. The van der Waals surface area contributed by atoms with Crippen LogP contribution in [-0.4, -0.2) is 62.8 Å². The van der Waals surface area contributed by atoms with Gasteiger partial charge in [-0.2, -0.15) is 4.31 Å². The van der Waals surface area contributed by atoms with Crippen molar-refractivity contribution in [1.82, 2.24) is 4.31 Å². The van der Waals surface area contributed by atoms with E-state index in [4.69, 9.17) is 5.11 Å². The quantitative estimate of drug-likeness (QED) is 0.597. The second-order valence-electron chi connectivity index (χ2n) is 2.81. The zero-order valence-electron chi connectivity index (χ0n) is 8.60. The molecule has 0 aromatic carbocycles. The zero-order valence-corrected chi connectivity index (χ0v) is 9.41. The van der Waals surface area contributed by atoms with Gasteiger partial charge in [-0.1, -0.05) is 0 Å². The first-order valence-corrected chi connectivity index (χ1v) is 5.88. The Kier molecular flexibility index (Phi) is 6.38. The summed E-state index contributed by atoms with van der Waals surface area (Å²) in [6.45, 7) is -2.14. The van der Waals surface area contributed by atoms with E-state index in [9.17, 15) is 22.0 Å². The molecule has 0 saturated heterocycles. The van der Waals surface area contributed by atoms with Crippen molar-refractivity contribution in [2.45, 2.75) is 6.43 Å². The maximum absolute atomic E-state index is 12.1. The van der Waals surface area contributed by atoms with Gasteiger partial charge >= 0.3 is 5.97 Å². The smallest absolute Gasteiger partial charge is 0.322 e. The number of methoxy groups -OCH3 is 1. The molecule has 0 unspecified atom stereocenters. The number of hydrogen-bond donors (Lipinski definition) is 1. The fourth-order valence-corrected chi connectivity index (χ4v) is 2.21. The lowest BCUT2D eigenvalue weighted by atomic mass is 10.6. The highest BCUT2D eigenvalue weighted by molar-refractivity contribution is 7.89. The van der Waals surface area contributed by atoms with Crippen LogP contribution in [0.25, 0.3) is 0 Å². The molecule has 0 aliphatic rings. The highest BCUT2D eigenvalue weighted by atomic mass is 32.2. The maximum atomic E-state index is 12.1. The molecule has 1 N–H and O–H groups in total. The van der Waals surface area contributed by atoms with Crippen LogP contribution in [-0.2, 0) is 19.6 Å². The summed E-state index contributed by atoms with van der Waals surface area (Å²) in [5, 5.41) is 8.54. The first-order chi connectivity index (χ1) is 7.33. The van der Waals surface area contributed by atoms with Gasteiger partial charge in [-0.25, -0.2) is 17.2 Å². The number of carbonyl (C=O) groups excluding carboxylic acids is 1. The Labute approximate surface area is 91.8 Å². The van der Waals surface area contributed by atoms with Crippen molar-refractivity contribution in [2.24, 2.45) is 0 Å². The molecule has 9 heteroatoms. The molecule has 16 heavy (non-hydrogen) atoms. The van der Waals surface area contributed by atoms with E-state index in [1.165, 1.54) is 0 Å². The normalized spacial score (nSPS) is 12.1. The van der Waals surface area contributed by atoms with Gasteiger partial charge in [0.1, 0.15) is 0 Å². The van der Waals surface area contributed by atoms with Crippen molar-refractivity contribution in [2.75, 3.05) is 32.6 Å². The zero-order chi connectivity index (χ0) is 12.8. The lowest BCUT2D eigenvalue weighted by Crippen LogP contribution is -2.40. The van der Waals surface area contributed by atoms with E-state index in [0.717, 1.165) is 7.11 Å². The highest BCUT2D eigenvalue weighted by Crippen LogP contribution is 2.06. The molecule has 6 nitrogen and oxygen atoms in total. The topological polar surface area (TPSA) is 83.9 Å². The van der Waals surface area contributed by atoms with Gasteiger partial charge in [0, 0.05) is 6.54 Å². The van der Waals surface area contributed by atoms with Crippen LogP contribution >= 0.6 is 0 Å². The van der Waals surface area contributed by atoms with Gasteiger partial charge in [-0.15, -0.1) is 0 Å². The molecule has 0 amide bonds. The Morgan fingerprint density at radius 1 is 1.50 bits per heavy atom. The molecule has 0 fully saturated rings. The third-order valence-corrected chi connectivity index (χ3v) is 3.33. The second kappa shape index (κ2) is 6.71. The van der Waals surface area contributed by atoms with Crippen LogP contribution in [0.1, 0.15) is 0 Å². The summed E-state index contributed by atoms with van der Waals surface area (Å²) in [6.07, 6.45) is -2.88. The van der Waals surface area contributed by atoms with Crippen LogP contribution in [0.15, 0.2) is 0 Å². The predicted octanol–water partition coefficient (Wildman–Crippen LogP) is -0.951. The summed E-state index contributed by atoms with van der Waals surface area (Å²) >= 11 is 0. The SMILES string of the molecule is COC(=O)CS(=O)(=O)N(CCO)CC(F)F. The molecule has 0 saturated carbocycles. The van der Waals surface area contributed by atoms with E-state index >= 15 is 0 Å². The number of sulfonamides is 1. The van der Waals surface area contributed by atoms with Crippen molar-refractivity contribution >= 4 is 16.0 Å². The lowest BCUT2D eigenvalue weighted by molar-refractivity contribution is -0.137. The minimum Gasteiger partial charge on any atom is -0.468 e. The molecular formula is C7H13F2NO5S. The number of carbonyl (C=O) groups is 1. The Hall–Kier alpha value is -0.800. The highest BCUT2D eigenvalue weighted by Gasteiger charge is 2.27. The number of esters is 1. The first kappa shape index (κ1) is 15.2. The molecule has 0 aromatic heterocycles. The van der Waals surface area contributed by atoms with Gasteiger partial charge in [0.2, 0.25) is 10.0 Å². The van der Waals surface area contributed by atoms with E-state index in [2.05, 4.69) is 4.74 Å². The van der Waals surface area contributed by atoms with Crippen LogP contribution in [0.4, 0.5) is 8.78 Å². The van der Waals surface area contributed by atoms with E-state index in [1.807, 2.05) is 0 Å². The molecule has 0 rings (SSSR count). The number of hydrogen-bond acceptors (Lipinski definition) is 5. The van der Waals surface area contributed by atoms with Crippen LogP contribution < -0.4 is 0 Å². The molecular weight excluding hydrogens is 248 g/mol. The summed E-state index contributed by atoms with van der Waals surface area (Å²) in [7, 11) is -3.18. The monoisotopic (exact) mass is 261 g/mol. The number of aliphatic hydroxyl groups excluding tert-OH is 1. The van der Waals surface area contributed by atoms with Gasteiger partial charge in [-0.05, 0) is 0 Å². The van der Waals surface area contributed by atoms with Crippen LogP contribution in [0.2, 0.25) is 0 Å². The van der Waals surface area contributed by atoms with E-state index in [-0.39, 0.29) is 0 Å². The van der Waals surface area contributed by atoms with Gasteiger partial charge in [0.15, 0.2) is 5.75 Å². The summed E-state index contributed by atoms with van der Waals surface area (Å²) < 4.78 is 51.4. The van der Waals surface area contributed by atoms with Gasteiger partial charge < -0.3 is 9.84 Å². The minimum absolute atomic E-state index is 0.356. The molecule has 0 heterocycles. The van der Waals surface area contributed by atoms with Crippen LogP contribution in [0.3, 0.4) is 0 Å². The molecule has 0 radical (unpaired) electrons. The molecule has 0 bridgehead atoms. The fraction of sp³-hybridized carbons (Fsp3) is 0.857. The molecule has 0 aromatic rings. The van der Waals surface area contributed by atoms with E-state index in [0.29, 0.717) is 4.31 Å². The van der Waals surface area contributed by atoms with Crippen molar-refractivity contribution < 1.29 is 31.8 Å². The number of halogens is 2. The number of ether oxygens (including phenoxy) is 1. The fourth-order valence-electron chi connectivity index (χ4n) is 0.909. The standard InChI is InChI=1S/C7H13F2NO5S/c1-15-7(12)5-16(13,14)10(2-3-11)4-6(8)9/h6,11H,2-5H2,1H3. The van der Waals surface area contributed by atoms with Crippen molar-refractivity contribution in [1.29, 1.82) is 0 Å². The average Bonchev–Trinajstić information content (AvgIpc) is 2.15. The first-order valence-electron chi connectivity index (χ1n) is 4.27. The summed E-state index contributed by atoms with van der Waals surface area (Å²) in [4.78, 5) is 10.7. The lowest BCUT2D eigenvalue weighted by Gasteiger charge is -2.19. The Bertz CT molecular complexity index is 319. The number of aliphatic hydroxyl groups is 1. The van der Waals surface area contributed by atoms with Crippen LogP contribution in [0, 0.1) is 0 Å². The Morgan fingerprint density at radius 3 is 2.44 bits per heavy atom. The molecule has 0 spiro atoms. The molecule has 96 valence electrons. The molecule has 0 aliphatic carbocycles. The average molecular weight is 261 g/mol. The third-order valence-electron chi connectivity index (χ3n) is 1.61. The molecule has 0 aliphatic heterocycles. The van der Waals surface area contributed by atoms with Gasteiger partial charge in [0.05, 0.1) is 20.3 Å².